The molecule has 0 amide bonds. The summed E-state index contributed by atoms with van der Waals surface area (Å²) in [4.78, 5) is 0.0756. The first-order valence-corrected chi connectivity index (χ1v) is 15.6. The highest BCUT2D eigenvalue weighted by atomic mass is 32.2. The number of primary sulfonamides is 1. The number of anilines is 2. The highest BCUT2D eigenvalue weighted by molar-refractivity contribution is 7.89. The van der Waals surface area contributed by atoms with Gasteiger partial charge in [-0.25, -0.2) is 13.6 Å². The van der Waals surface area contributed by atoms with Crippen molar-refractivity contribution in [2.75, 3.05) is 37.8 Å². The van der Waals surface area contributed by atoms with E-state index in [9.17, 15) is 18.6 Å². The molecule has 10 heteroatoms. The Balaban J connectivity index is 0.000000446. The van der Waals surface area contributed by atoms with Gasteiger partial charge in [0, 0.05) is 31.1 Å². The summed E-state index contributed by atoms with van der Waals surface area (Å²) in [6.45, 7) is 4.95. The van der Waals surface area contributed by atoms with Crippen molar-refractivity contribution >= 4 is 21.4 Å². The topological polar surface area (TPSA) is 174 Å². The van der Waals surface area contributed by atoms with Crippen LogP contribution in [-0.4, -0.2) is 44.9 Å². The molecule has 0 fully saturated rings. The van der Waals surface area contributed by atoms with Crippen LogP contribution in [0.1, 0.15) is 61.3 Å². The number of phenols is 1. The summed E-state index contributed by atoms with van der Waals surface area (Å²) in [6, 6.07) is 19.1. The lowest BCUT2D eigenvalue weighted by atomic mass is 10.1. The van der Waals surface area contributed by atoms with Gasteiger partial charge in [-0.05, 0) is 111 Å². The normalized spacial score (nSPS) is 12.0. The fourth-order valence-corrected chi connectivity index (χ4v) is 4.54. The van der Waals surface area contributed by atoms with Crippen LogP contribution >= 0.6 is 0 Å². The number of unbranched alkanes of at least 4 members (excludes halogenated alkanes) is 4. The maximum atomic E-state index is 10.7. The number of aryl methyl sites for hydroxylation is 2. The number of benzene rings is 3. The van der Waals surface area contributed by atoms with E-state index in [1.54, 1.807) is 12.1 Å². The molecule has 0 aliphatic heterocycles. The molecular formula is C31H46N4O5S. The number of nitrogen functional groups attached to an aromatic ring is 2. The van der Waals surface area contributed by atoms with Crippen LogP contribution in [0.5, 0.6) is 5.75 Å². The van der Waals surface area contributed by atoms with Crippen molar-refractivity contribution in [3.8, 4) is 5.75 Å². The number of rotatable bonds is 16. The first-order valence-electron chi connectivity index (χ1n) is 14.0. The van der Waals surface area contributed by atoms with E-state index < -0.39 is 16.1 Å². The zero-order valence-corrected chi connectivity index (χ0v) is 24.8. The Morgan fingerprint density at radius 1 is 0.829 bits per heavy atom. The lowest BCUT2D eigenvalue weighted by Gasteiger charge is -2.13. The van der Waals surface area contributed by atoms with E-state index in [0.717, 1.165) is 68.7 Å². The van der Waals surface area contributed by atoms with Gasteiger partial charge >= 0.3 is 0 Å². The Morgan fingerprint density at radius 2 is 1.41 bits per heavy atom. The first kappa shape index (κ1) is 34.1. The van der Waals surface area contributed by atoms with Crippen molar-refractivity contribution < 1.29 is 23.4 Å². The monoisotopic (exact) mass is 586 g/mol. The van der Waals surface area contributed by atoms with Crippen LogP contribution in [-0.2, 0) is 21.2 Å². The number of sulfonamides is 1. The van der Waals surface area contributed by atoms with Crippen LogP contribution in [0.25, 0.3) is 0 Å². The first-order chi connectivity index (χ1) is 19.6. The van der Waals surface area contributed by atoms with Crippen molar-refractivity contribution in [3.05, 3.63) is 83.4 Å². The smallest absolute Gasteiger partial charge is 0.238 e. The Kier molecular flexibility index (Phi) is 15.2. The highest BCUT2D eigenvalue weighted by Crippen LogP contribution is 2.21. The van der Waals surface area contributed by atoms with E-state index >= 15 is 0 Å². The number of aliphatic hydroxyl groups is 1. The molecule has 0 heterocycles. The van der Waals surface area contributed by atoms with Crippen molar-refractivity contribution in [1.82, 2.24) is 5.32 Å². The summed E-state index contributed by atoms with van der Waals surface area (Å²) in [5.74, 6) is 0.265. The van der Waals surface area contributed by atoms with Gasteiger partial charge in [0.25, 0.3) is 0 Å². The van der Waals surface area contributed by atoms with Crippen LogP contribution in [0.2, 0.25) is 0 Å². The highest BCUT2D eigenvalue weighted by Gasteiger charge is 2.08. The van der Waals surface area contributed by atoms with Gasteiger partial charge in [0.15, 0.2) is 0 Å². The molecule has 3 aromatic rings. The Hall–Kier alpha value is -3.15. The molecule has 41 heavy (non-hydrogen) atoms. The SMILES string of the molecule is Cc1cc(C(O)CNCCCCCCOCCCCc2ccc(N)cc2)ccc1O.Nc1ccc(S(N)(=O)=O)cc1. The second-order valence-electron chi connectivity index (χ2n) is 10.1. The van der Waals surface area contributed by atoms with Crippen molar-refractivity contribution in [3.63, 3.8) is 0 Å². The van der Waals surface area contributed by atoms with E-state index in [0.29, 0.717) is 12.2 Å². The zero-order chi connectivity index (χ0) is 30.1. The lowest BCUT2D eigenvalue weighted by Crippen LogP contribution is -2.22. The Bertz CT molecular complexity index is 1250. The molecule has 3 aromatic carbocycles. The third-order valence-electron chi connectivity index (χ3n) is 6.53. The maximum absolute atomic E-state index is 10.7. The molecule has 0 bridgehead atoms. The maximum Gasteiger partial charge on any atom is 0.238 e. The van der Waals surface area contributed by atoms with E-state index in [-0.39, 0.29) is 10.6 Å². The molecule has 0 aromatic heterocycles. The molecule has 1 atom stereocenters. The van der Waals surface area contributed by atoms with Crippen LogP contribution in [0, 0.1) is 6.92 Å². The van der Waals surface area contributed by atoms with Crippen molar-refractivity contribution in [2.45, 2.75) is 62.9 Å². The quantitative estimate of drug-likeness (QED) is 0.106. The van der Waals surface area contributed by atoms with Gasteiger partial charge in [0.05, 0.1) is 11.0 Å². The number of hydrogen-bond donors (Lipinski definition) is 6. The van der Waals surface area contributed by atoms with Gasteiger partial charge in [-0.3, -0.25) is 0 Å². The fraction of sp³-hybridized carbons (Fsp3) is 0.419. The lowest BCUT2D eigenvalue weighted by molar-refractivity contribution is 0.126. The molecule has 0 aliphatic carbocycles. The molecule has 226 valence electrons. The number of aromatic hydroxyl groups is 1. The zero-order valence-electron chi connectivity index (χ0n) is 24.0. The predicted octanol–water partition coefficient (Wildman–Crippen LogP) is 4.42. The van der Waals surface area contributed by atoms with Crippen LogP contribution in [0.4, 0.5) is 11.4 Å². The average molecular weight is 587 g/mol. The molecule has 0 saturated carbocycles. The predicted molar refractivity (Wildman–Crippen MR) is 166 cm³/mol. The van der Waals surface area contributed by atoms with Gasteiger partial charge in [0.2, 0.25) is 10.0 Å². The molecule has 3 rings (SSSR count). The summed E-state index contributed by atoms with van der Waals surface area (Å²) in [6.07, 6.45) is 7.32. The standard InChI is InChI=1S/C25H38N2O3.C6H8N2O2S/c1-20-18-22(11-14-24(20)28)25(29)19-27-15-5-2-3-6-16-30-17-7-4-8-21-9-12-23(26)13-10-21;7-5-1-3-6(4-2-5)11(8,9)10/h9-14,18,25,27-29H,2-8,15-17,19,26H2,1H3;1-4H,7H2,(H2,8,9,10). The number of nitrogens with one attached hydrogen (secondary N) is 1. The number of hydrogen-bond acceptors (Lipinski definition) is 8. The largest absolute Gasteiger partial charge is 0.508 e. The molecule has 9 N–H and O–H groups in total. The van der Waals surface area contributed by atoms with Crippen LogP contribution in [0.3, 0.4) is 0 Å². The minimum atomic E-state index is -3.58. The molecule has 0 radical (unpaired) electrons. The van der Waals surface area contributed by atoms with E-state index in [1.165, 1.54) is 42.7 Å². The molecular weight excluding hydrogens is 540 g/mol. The van der Waals surface area contributed by atoms with Crippen molar-refractivity contribution in [1.29, 1.82) is 0 Å². The van der Waals surface area contributed by atoms with Gasteiger partial charge in [-0.15, -0.1) is 0 Å². The summed E-state index contributed by atoms with van der Waals surface area (Å²) in [5.41, 5.74) is 15.3. The van der Waals surface area contributed by atoms with Gasteiger partial charge in [0.1, 0.15) is 5.75 Å². The van der Waals surface area contributed by atoms with Gasteiger partial charge < -0.3 is 31.7 Å². The summed E-state index contributed by atoms with van der Waals surface area (Å²) >= 11 is 0. The minimum absolute atomic E-state index is 0.0756. The summed E-state index contributed by atoms with van der Waals surface area (Å²) < 4.78 is 27.1. The minimum Gasteiger partial charge on any atom is -0.508 e. The second-order valence-corrected chi connectivity index (χ2v) is 11.7. The summed E-state index contributed by atoms with van der Waals surface area (Å²) in [7, 11) is -3.58. The number of phenolic OH excluding ortho intramolecular Hbond substituents is 1. The summed E-state index contributed by atoms with van der Waals surface area (Å²) in [5, 5.41) is 27.9. The van der Waals surface area contributed by atoms with E-state index in [1.807, 2.05) is 25.1 Å². The third-order valence-corrected chi connectivity index (χ3v) is 7.46. The van der Waals surface area contributed by atoms with Crippen LogP contribution in [0.15, 0.2) is 71.6 Å². The van der Waals surface area contributed by atoms with Gasteiger partial charge in [-0.2, -0.15) is 0 Å². The number of ether oxygens (including phenoxy) is 1. The molecule has 0 saturated heterocycles. The Labute approximate surface area is 244 Å². The molecule has 0 aliphatic rings. The molecule has 1 unspecified atom stereocenters. The van der Waals surface area contributed by atoms with Crippen molar-refractivity contribution in [2.24, 2.45) is 5.14 Å². The Morgan fingerprint density at radius 3 is 2.02 bits per heavy atom. The fourth-order valence-electron chi connectivity index (χ4n) is 4.03. The van der Waals surface area contributed by atoms with E-state index in [2.05, 4.69) is 17.4 Å². The third kappa shape index (κ3) is 14.3. The van der Waals surface area contributed by atoms with Crippen LogP contribution < -0.4 is 21.9 Å². The molecule has 0 spiro atoms. The van der Waals surface area contributed by atoms with Gasteiger partial charge in [-0.1, -0.05) is 31.0 Å². The second kappa shape index (κ2) is 18.3. The molecule has 9 nitrogen and oxygen atoms in total. The average Bonchev–Trinajstić information content (AvgIpc) is 2.93. The number of aliphatic hydroxyl groups excluding tert-OH is 1. The van der Waals surface area contributed by atoms with E-state index in [4.69, 9.17) is 21.3 Å². The number of nitrogens with two attached hydrogens (primary N) is 3.